The number of hydrogen-bond acceptors (Lipinski definition) is 24. The summed E-state index contributed by atoms with van der Waals surface area (Å²) in [7, 11) is 0. The molecule has 10 bridgehead atoms. The van der Waals surface area contributed by atoms with Crippen molar-refractivity contribution < 1.29 is 63.9 Å². The third kappa shape index (κ3) is 14.6. The molecule has 31 heteroatoms. The van der Waals surface area contributed by atoms with E-state index >= 15 is 4.79 Å². The molecule has 7 atom stereocenters. The van der Waals surface area contributed by atoms with Gasteiger partial charge in [-0.25, -0.2) is 39.7 Å². The largest absolute Gasteiger partial charge is 0.508 e. The van der Waals surface area contributed by atoms with Gasteiger partial charge < -0.3 is 51.7 Å². The van der Waals surface area contributed by atoms with E-state index in [1.807, 2.05) is 6.92 Å². The van der Waals surface area contributed by atoms with Crippen molar-refractivity contribution in [3.63, 3.8) is 0 Å². The van der Waals surface area contributed by atoms with Gasteiger partial charge in [0.15, 0.2) is 5.78 Å². The fraction of sp³-hybridized carbons (Fsp3) is 0.290. The molecule has 0 unspecified atom stereocenters. The van der Waals surface area contributed by atoms with Crippen LogP contribution >= 0.6 is 68.0 Å². The SMILES string of the molecule is Cc1sc2nc1C(=O)C[C@@H]([C@H](O)c1ccccc1)c1nc(cs1)C(=O)N[C@@H](Cc1ccc(O)cc1)C(=O)N1C[C@H](O)[C@H](C)[C@H]1c1nc(cs1)-c1nc(cs1)-c1nc(-c3nc(C(=O)N(Cc4ccc(C(=O)O)cc4)C4CCC(C(=O)O)CC4)cs3)ccc1-c1nc(cs1)C(=O)N[C@H]2CC(N)=O. The number of nitrogens with two attached hydrogens (primary N) is 1. The molecule has 5 amide bonds. The van der Waals surface area contributed by atoms with Gasteiger partial charge in [-0.2, -0.15) is 0 Å². The molecule has 2 aliphatic heterocycles. The quantitative estimate of drug-likeness (QED) is 0.0532. The third-order valence-electron chi connectivity index (χ3n) is 18.0. The number of fused-ring (bicyclic) bond motifs is 16. The summed E-state index contributed by atoms with van der Waals surface area (Å²) in [6.07, 6.45) is -1.59. The van der Waals surface area contributed by atoms with Gasteiger partial charge in [0.25, 0.3) is 17.7 Å². The number of aliphatic hydroxyl groups is 2. The summed E-state index contributed by atoms with van der Waals surface area (Å²) < 4.78 is 0. The lowest BCUT2D eigenvalue weighted by Crippen LogP contribution is -2.50. The summed E-state index contributed by atoms with van der Waals surface area (Å²) in [5, 5.41) is 69.3. The lowest BCUT2D eigenvalue weighted by atomic mass is 9.85. The second kappa shape index (κ2) is 29.2. The number of primary amides is 1. The van der Waals surface area contributed by atoms with Crippen molar-refractivity contribution in [3.05, 3.63) is 183 Å². The number of aromatic carboxylic acids is 1. The minimum Gasteiger partial charge on any atom is -0.508 e. The molecule has 9 heterocycles. The number of aromatic hydroxyl groups is 1. The van der Waals surface area contributed by atoms with Gasteiger partial charge in [-0.3, -0.25) is 33.6 Å². The maximum absolute atomic E-state index is 15.3. The molecule has 3 aromatic carbocycles. The van der Waals surface area contributed by atoms with E-state index < -0.39 is 102 Å². The van der Waals surface area contributed by atoms with Crippen molar-refractivity contribution in [1.82, 2.24) is 55.3 Å². The van der Waals surface area contributed by atoms with Gasteiger partial charge in [0, 0.05) is 81.1 Å². The highest BCUT2D eigenvalue weighted by atomic mass is 32.1. The molecule has 9 N–H and O–H groups in total. The number of aliphatic carboxylic acids is 1. The minimum absolute atomic E-state index is 0.00228. The molecule has 10 aromatic rings. The van der Waals surface area contributed by atoms with Crippen LogP contribution in [0.25, 0.3) is 43.4 Å². The summed E-state index contributed by atoms with van der Waals surface area (Å²) in [6.45, 7) is 3.46. The Morgan fingerprint density at radius 3 is 2.01 bits per heavy atom. The second-order valence-corrected chi connectivity index (χ2v) is 30.2. The average Bonchev–Trinajstić information content (AvgIpc) is 1.62. The highest BCUT2D eigenvalue weighted by Crippen LogP contribution is 2.44. The molecule has 1 aliphatic carbocycles. The minimum atomic E-state index is -1.32. The van der Waals surface area contributed by atoms with Crippen molar-refractivity contribution in [3.8, 4) is 49.1 Å². The lowest BCUT2D eigenvalue weighted by molar-refractivity contribution is -0.143. The molecule has 100 heavy (non-hydrogen) atoms. The Morgan fingerprint density at radius 2 is 1.29 bits per heavy atom. The van der Waals surface area contributed by atoms with Crippen molar-refractivity contribution >= 4 is 115 Å². The number of Topliss-reactive ketones (excluding diaryl/α,β-unsaturated/α-hetero) is 1. The number of benzene rings is 3. The van der Waals surface area contributed by atoms with Crippen LogP contribution in [0.4, 0.5) is 0 Å². The molecule has 2 fully saturated rings. The van der Waals surface area contributed by atoms with Gasteiger partial charge in [0.05, 0.1) is 52.9 Å². The number of carboxylic acid groups (broad SMARTS) is 2. The number of ketones is 1. The van der Waals surface area contributed by atoms with Gasteiger partial charge in [0.2, 0.25) is 11.8 Å². The van der Waals surface area contributed by atoms with E-state index in [1.54, 1.807) is 94.7 Å². The third-order valence-corrected chi connectivity index (χ3v) is 23.6. The molecule has 13 rings (SSSR count). The molecule has 1 saturated heterocycles. The molecule has 512 valence electrons. The number of carbonyl (C=O) groups excluding carboxylic acids is 6. The van der Waals surface area contributed by atoms with E-state index in [2.05, 4.69) is 10.6 Å². The standard InChI is InChI=1S/C69H62N12O13S6/c1-32-52(84)26-81-56(32)65-77-49(30-99-65)63-74-46(27-97-63)55-41(20-21-43(71-55)62-78-50(31-98-62)67(90)80(39-16-14-38(15-17-39)69(93)94)25-35-8-12-37(13-9-35)68(91)92)60-75-47(28-95-60)58(87)72-44(24-53(70)85)64-79-54(33(2)100-64)51(83)23-42(57(86)36-6-4-3-5-7-36)61-76-48(29-96-61)59(88)73-45(66(81)89)22-34-10-18-40(82)19-11-34/h3-13,18-21,27-32,38-39,42,44-45,52,56-57,82,84,86H,14-17,22-26H2,1-2H3,(H2,70,85)(H,72,87)(H,73,88)(H,91,92)(H,93,94)/t32-,38?,39?,42-,44-,45-,52-,56-,57+/m0/s1. The van der Waals surface area contributed by atoms with E-state index in [9.17, 15) is 59.1 Å². The maximum atomic E-state index is 15.3. The first-order valence-corrected chi connectivity index (χ1v) is 36.9. The number of phenolic OH excluding ortho intramolecular Hbond substituents is 1. The van der Waals surface area contributed by atoms with Gasteiger partial charge in [0.1, 0.15) is 76.7 Å². The van der Waals surface area contributed by atoms with Crippen LogP contribution in [-0.4, -0.2) is 142 Å². The smallest absolute Gasteiger partial charge is 0.335 e. The molecule has 3 aliphatic rings. The maximum Gasteiger partial charge on any atom is 0.335 e. The van der Waals surface area contributed by atoms with Crippen LogP contribution in [0.3, 0.4) is 0 Å². The molecule has 25 nitrogen and oxygen atoms in total. The Balaban J connectivity index is 0.884. The first kappa shape index (κ1) is 68.8. The van der Waals surface area contributed by atoms with Crippen molar-refractivity contribution in [2.75, 3.05) is 6.54 Å². The fourth-order valence-electron chi connectivity index (χ4n) is 12.7. The monoisotopic (exact) mass is 1460 g/mol. The van der Waals surface area contributed by atoms with Crippen molar-refractivity contribution in [1.29, 1.82) is 0 Å². The summed E-state index contributed by atoms with van der Waals surface area (Å²) >= 11 is 6.89. The fourth-order valence-corrected chi connectivity index (χ4v) is 18.0. The van der Waals surface area contributed by atoms with Gasteiger partial charge in [-0.1, -0.05) is 61.5 Å². The normalized spacial score (nSPS) is 20.8. The number of nitrogens with one attached hydrogen (secondary N) is 2. The number of thiazole rings is 6. The zero-order valence-corrected chi connectivity index (χ0v) is 58.1. The Morgan fingerprint density at radius 1 is 0.660 bits per heavy atom. The number of amides is 5. The number of rotatable bonds is 13. The Labute approximate surface area is 594 Å². The highest BCUT2D eigenvalue weighted by molar-refractivity contribution is 7.15. The number of aliphatic hydroxyl groups excluding tert-OH is 2. The Hall–Kier alpha value is -9.73. The molecule has 1 saturated carbocycles. The molecule has 0 spiro atoms. The van der Waals surface area contributed by atoms with Crippen molar-refractivity contribution in [2.24, 2.45) is 17.6 Å². The van der Waals surface area contributed by atoms with Crippen LogP contribution in [0, 0.1) is 18.8 Å². The lowest BCUT2D eigenvalue weighted by Gasteiger charge is -2.36. The molecular formula is C69H62N12O13S6. The molecule has 0 radical (unpaired) electrons. The van der Waals surface area contributed by atoms with Crippen LogP contribution in [-0.2, 0) is 27.3 Å². The first-order valence-electron chi connectivity index (χ1n) is 31.7. The van der Waals surface area contributed by atoms with E-state index in [1.165, 1.54) is 62.6 Å². The summed E-state index contributed by atoms with van der Waals surface area (Å²) in [5.74, 6) is -7.86. The van der Waals surface area contributed by atoms with E-state index in [0.717, 1.165) is 45.3 Å². The number of pyridine rings is 1. The predicted molar refractivity (Wildman–Crippen MR) is 374 cm³/mol. The zero-order valence-electron chi connectivity index (χ0n) is 53.2. The van der Waals surface area contributed by atoms with E-state index in [4.69, 9.17) is 40.6 Å². The van der Waals surface area contributed by atoms with E-state index in [-0.39, 0.29) is 76.1 Å². The predicted octanol–water partition coefficient (Wildman–Crippen LogP) is 10.2. The van der Waals surface area contributed by atoms with Crippen molar-refractivity contribution in [2.45, 2.75) is 108 Å². The van der Waals surface area contributed by atoms with Gasteiger partial charge in [-0.05, 0) is 85.7 Å². The molecular weight excluding hydrogens is 1400 g/mol. The van der Waals surface area contributed by atoms with Crippen LogP contribution < -0.4 is 16.4 Å². The van der Waals surface area contributed by atoms with Crippen LogP contribution in [0.15, 0.2) is 118 Å². The zero-order chi connectivity index (χ0) is 70.2. The Kier molecular flexibility index (Phi) is 20.1. The van der Waals surface area contributed by atoms with Crippen LogP contribution in [0.2, 0.25) is 0 Å². The number of nitrogens with zero attached hydrogens (tertiary/aromatic N) is 9. The summed E-state index contributed by atoms with van der Waals surface area (Å²) in [6, 6.07) is 20.9. The first-order chi connectivity index (χ1) is 48.1. The highest BCUT2D eigenvalue weighted by Gasteiger charge is 2.46. The van der Waals surface area contributed by atoms with Crippen LogP contribution in [0.5, 0.6) is 5.75 Å². The number of hydrogen-bond donors (Lipinski definition) is 8. The number of carboxylic acids is 2. The average molecular weight is 1460 g/mol. The number of aryl methyl sites for hydroxylation is 1. The van der Waals surface area contributed by atoms with E-state index in [0.29, 0.717) is 95.6 Å². The van der Waals surface area contributed by atoms with Gasteiger partial charge >= 0.3 is 11.9 Å². The Bertz CT molecular complexity index is 4770. The second-order valence-electron chi connectivity index (χ2n) is 24.6. The summed E-state index contributed by atoms with van der Waals surface area (Å²) in [5.41, 5.74) is 9.41. The topological polar surface area (TPSA) is 384 Å². The summed E-state index contributed by atoms with van der Waals surface area (Å²) in [4.78, 5) is 148. The number of phenols is 1. The van der Waals surface area contributed by atoms with Gasteiger partial charge in [-0.15, -0.1) is 68.0 Å². The number of carbonyl (C=O) groups is 8. The number of aromatic nitrogens is 7. The molecule has 7 aromatic heterocycles. The van der Waals surface area contributed by atoms with Crippen LogP contribution in [0.1, 0.15) is 158 Å².